The van der Waals surface area contributed by atoms with E-state index in [1.165, 1.54) is 7.11 Å². The highest BCUT2D eigenvalue weighted by Gasteiger charge is 2.53. The Morgan fingerprint density at radius 2 is 1.93 bits per heavy atom. The lowest BCUT2D eigenvalue weighted by molar-refractivity contribution is -0.138. The molecule has 2 fully saturated rings. The van der Waals surface area contributed by atoms with E-state index in [9.17, 15) is 14.4 Å². The number of pyridine rings is 1. The molecule has 0 radical (unpaired) electrons. The normalized spacial score (nSPS) is 24.5. The number of nitrogens with zero attached hydrogens (tertiary/aromatic N) is 2. The number of methoxy groups -OCH3 is 2. The maximum Gasteiger partial charge on any atom is 0.294 e. The van der Waals surface area contributed by atoms with Crippen LogP contribution in [0.5, 0.6) is 11.5 Å². The maximum atomic E-state index is 14.2. The molecule has 2 aliphatic heterocycles. The molecule has 1 saturated carbocycles. The molecule has 1 aromatic carbocycles. The number of ether oxygens (including phenoxy) is 4. The first-order chi connectivity index (χ1) is 20.2. The molecule has 2 N–H and O–H groups in total. The van der Waals surface area contributed by atoms with Crippen molar-refractivity contribution in [3.63, 3.8) is 0 Å². The minimum absolute atomic E-state index is 0.00861. The lowest BCUT2D eigenvalue weighted by Crippen LogP contribution is -2.66. The van der Waals surface area contributed by atoms with Gasteiger partial charge in [0.05, 0.1) is 43.9 Å². The van der Waals surface area contributed by atoms with Gasteiger partial charge in [-0.3, -0.25) is 19.4 Å². The van der Waals surface area contributed by atoms with Gasteiger partial charge in [0.1, 0.15) is 23.6 Å². The van der Waals surface area contributed by atoms with Crippen LogP contribution in [0.2, 0.25) is 0 Å². The van der Waals surface area contributed by atoms with Gasteiger partial charge in [0, 0.05) is 24.9 Å². The third kappa shape index (κ3) is 4.74. The Kier molecular flexibility index (Phi) is 7.06. The van der Waals surface area contributed by atoms with E-state index in [0.717, 1.165) is 0 Å². The quantitative estimate of drug-likeness (QED) is 0.412. The van der Waals surface area contributed by atoms with Crippen LogP contribution in [-0.2, 0) is 20.8 Å². The Morgan fingerprint density at radius 3 is 2.62 bits per heavy atom. The number of furan rings is 1. The summed E-state index contributed by atoms with van der Waals surface area (Å²) in [7, 11) is 3.17. The van der Waals surface area contributed by atoms with E-state index in [2.05, 4.69) is 15.6 Å². The number of aromatic nitrogens is 1. The number of hydrogen-bond acceptors (Lipinski definition) is 9. The summed E-state index contributed by atoms with van der Waals surface area (Å²) in [6.07, 6.45) is 2.75. The Hall–Kier alpha value is -4.16. The van der Waals surface area contributed by atoms with E-state index >= 15 is 0 Å². The number of hydrogen-bond donors (Lipinski definition) is 2. The zero-order valence-corrected chi connectivity index (χ0v) is 24.0. The predicted octanol–water partition coefficient (Wildman–Crippen LogP) is 2.44. The van der Waals surface area contributed by atoms with Crippen LogP contribution in [0.1, 0.15) is 53.3 Å². The SMILES string of the molecule is COc1cccnc1CNC(=O)C1(C)COc2c(oc3cc(C(=O)NC4(C)COC4)ccc23)C(=O)N1C1CC(OC)C1. The van der Waals surface area contributed by atoms with Gasteiger partial charge in [-0.25, -0.2) is 0 Å². The first-order valence-corrected chi connectivity index (χ1v) is 13.9. The third-order valence-electron chi connectivity index (χ3n) is 8.35. The van der Waals surface area contributed by atoms with Crippen LogP contribution in [0.25, 0.3) is 11.0 Å². The molecule has 1 aliphatic carbocycles. The third-order valence-corrected chi connectivity index (χ3v) is 8.35. The monoisotopic (exact) mass is 578 g/mol. The Morgan fingerprint density at radius 1 is 1.14 bits per heavy atom. The molecule has 4 heterocycles. The number of amides is 3. The largest absolute Gasteiger partial charge is 0.495 e. The van der Waals surface area contributed by atoms with Crippen molar-refractivity contribution in [3.8, 4) is 11.5 Å². The molecule has 1 saturated heterocycles. The summed E-state index contributed by atoms with van der Waals surface area (Å²) >= 11 is 0. The molecule has 12 heteroatoms. The molecule has 3 aliphatic rings. The minimum atomic E-state index is -1.36. The van der Waals surface area contributed by atoms with Crippen LogP contribution in [0.3, 0.4) is 0 Å². The first kappa shape index (κ1) is 28.0. The predicted molar refractivity (Wildman–Crippen MR) is 149 cm³/mol. The van der Waals surface area contributed by atoms with Gasteiger partial charge in [0.15, 0.2) is 11.3 Å². The van der Waals surface area contributed by atoms with Crippen molar-refractivity contribution < 1.29 is 37.7 Å². The average molecular weight is 579 g/mol. The van der Waals surface area contributed by atoms with Crippen LogP contribution < -0.4 is 20.1 Å². The van der Waals surface area contributed by atoms with E-state index < -0.39 is 22.9 Å². The number of nitrogens with one attached hydrogen (secondary N) is 2. The summed E-state index contributed by atoms with van der Waals surface area (Å²) in [4.78, 5) is 46.8. The molecule has 42 heavy (non-hydrogen) atoms. The Labute approximate surface area is 242 Å². The van der Waals surface area contributed by atoms with Crippen LogP contribution in [0, 0.1) is 0 Å². The summed E-state index contributed by atoms with van der Waals surface area (Å²) in [6, 6.07) is 8.20. The molecule has 222 valence electrons. The lowest BCUT2D eigenvalue weighted by Gasteiger charge is -2.48. The summed E-state index contributed by atoms with van der Waals surface area (Å²) in [5, 5.41) is 6.44. The van der Waals surface area contributed by atoms with Crippen LogP contribution >= 0.6 is 0 Å². The van der Waals surface area contributed by atoms with Crippen molar-refractivity contribution >= 4 is 28.7 Å². The molecule has 6 rings (SSSR count). The molecule has 1 atom stereocenters. The van der Waals surface area contributed by atoms with Gasteiger partial charge in [0.2, 0.25) is 11.7 Å². The van der Waals surface area contributed by atoms with Gasteiger partial charge < -0.3 is 38.9 Å². The molecule has 12 nitrogen and oxygen atoms in total. The van der Waals surface area contributed by atoms with Crippen molar-refractivity contribution in [1.29, 1.82) is 0 Å². The molecule has 1 unspecified atom stereocenters. The molecule has 3 amide bonds. The van der Waals surface area contributed by atoms with Gasteiger partial charge >= 0.3 is 0 Å². The second-order valence-corrected chi connectivity index (χ2v) is 11.5. The summed E-state index contributed by atoms with van der Waals surface area (Å²) in [5.74, 6) is -0.342. The van der Waals surface area contributed by atoms with Crippen LogP contribution in [0.15, 0.2) is 40.9 Å². The lowest BCUT2D eigenvalue weighted by atomic mass is 9.83. The highest BCUT2D eigenvalue weighted by Crippen LogP contribution is 2.42. The van der Waals surface area contributed by atoms with Crippen molar-refractivity contribution in [2.45, 2.75) is 56.5 Å². The van der Waals surface area contributed by atoms with Crippen molar-refractivity contribution in [3.05, 3.63) is 53.5 Å². The molecular formula is C30H34N4O8. The highest BCUT2D eigenvalue weighted by atomic mass is 16.5. The van der Waals surface area contributed by atoms with Crippen molar-refractivity contribution in [2.24, 2.45) is 0 Å². The zero-order chi connectivity index (χ0) is 29.6. The van der Waals surface area contributed by atoms with E-state index in [0.29, 0.717) is 54.0 Å². The van der Waals surface area contributed by atoms with Crippen molar-refractivity contribution in [2.75, 3.05) is 34.0 Å². The summed E-state index contributed by atoms with van der Waals surface area (Å²) in [6.45, 7) is 4.49. The zero-order valence-electron chi connectivity index (χ0n) is 24.0. The number of carbonyl (C=O) groups is 3. The second-order valence-electron chi connectivity index (χ2n) is 11.5. The summed E-state index contributed by atoms with van der Waals surface area (Å²) in [5.41, 5.74) is -0.489. The minimum Gasteiger partial charge on any atom is -0.495 e. The van der Waals surface area contributed by atoms with Gasteiger partial charge in [-0.05, 0) is 57.0 Å². The van der Waals surface area contributed by atoms with Gasteiger partial charge in [-0.1, -0.05) is 0 Å². The smallest absolute Gasteiger partial charge is 0.294 e. The van der Waals surface area contributed by atoms with Crippen LogP contribution in [-0.4, -0.2) is 84.9 Å². The van der Waals surface area contributed by atoms with E-state index in [1.807, 2.05) is 6.92 Å². The number of carbonyl (C=O) groups excluding carboxylic acids is 3. The fourth-order valence-corrected chi connectivity index (χ4v) is 5.72. The van der Waals surface area contributed by atoms with Crippen LogP contribution in [0.4, 0.5) is 0 Å². The van der Waals surface area contributed by atoms with Gasteiger partial charge in [-0.15, -0.1) is 0 Å². The average Bonchev–Trinajstić information content (AvgIpc) is 3.28. The van der Waals surface area contributed by atoms with Gasteiger partial charge in [0.25, 0.3) is 11.8 Å². The van der Waals surface area contributed by atoms with E-state index in [1.54, 1.807) is 55.5 Å². The fraction of sp³-hybridized carbons (Fsp3) is 0.467. The molecule has 0 bridgehead atoms. The Bertz CT molecular complexity index is 1540. The summed E-state index contributed by atoms with van der Waals surface area (Å²) < 4.78 is 28.3. The number of rotatable bonds is 8. The molecule has 3 aromatic rings. The fourth-order valence-electron chi connectivity index (χ4n) is 5.72. The number of benzene rings is 1. The van der Waals surface area contributed by atoms with E-state index in [4.69, 9.17) is 23.4 Å². The topological polar surface area (TPSA) is 141 Å². The molecule has 2 aromatic heterocycles. The first-order valence-electron chi connectivity index (χ1n) is 13.9. The van der Waals surface area contributed by atoms with Crippen molar-refractivity contribution in [1.82, 2.24) is 20.5 Å². The van der Waals surface area contributed by atoms with Gasteiger partial charge in [-0.2, -0.15) is 0 Å². The molecular weight excluding hydrogens is 544 g/mol. The number of fused-ring (bicyclic) bond motifs is 3. The maximum absolute atomic E-state index is 14.2. The Balaban J connectivity index is 1.30. The standard InChI is InChI=1S/C30H34N4O8/c1-29(14-40-15-29)33-26(35)17-7-8-20-23(10-17)42-25-24(20)41-16-30(2,34(27(25)36)18-11-19(12-18)38-3)28(37)32-13-21-22(39-4)6-5-9-31-21/h5-10,18-19H,11-16H2,1-4H3,(H,32,37)(H,33,35). The molecule has 0 spiro atoms. The second kappa shape index (κ2) is 10.6. The highest BCUT2D eigenvalue weighted by molar-refractivity contribution is 6.06. The van der Waals surface area contributed by atoms with E-state index in [-0.39, 0.29) is 42.7 Å².